The van der Waals surface area contributed by atoms with Gasteiger partial charge in [0.2, 0.25) is 5.13 Å². The molecule has 7 heteroatoms. The maximum atomic E-state index is 12.3. The van der Waals surface area contributed by atoms with Crippen molar-refractivity contribution in [2.75, 3.05) is 0 Å². The van der Waals surface area contributed by atoms with Crippen LogP contribution in [-0.2, 0) is 6.54 Å². The Balaban J connectivity index is 1.50. The Labute approximate surface area is 156 Å². The zero-order valence-corrected chi connectivity index (χ0v) is 15.4. The van der Waals surface area contributed by atoms with E-state index in [1.54, 1.807) is 17.1 Å². The van der Waals surface area contributed by atoms with Gasteiger partial charge in [0.15, 0.2) is 0 Å². The Morgan fingerprint density at radius 2 is 1.96 bits per heavy atom. The number of benzene rings is 2. The van der Waals surface area contributed by atoms with Crippen LogP contribution in [0, 0.1) is 0 Å². The zero-order valence-electron chi connectivity index (χ0n) is 13.0. The van der Waals surface area contributed by atoms with E-state index < -0.39 is 0 Å². The number of amides is 1. The molecule has 25 heavy (non-hydrogen) atoms. The third kappa shape index (κ3) is 3.33. The lowest BCUT2D eigenvalue weighted by Crippen LogP contribution is -2.22. The molecule has 0 saturated carbocycles. The molecule has 0 bridgehead atoms. The first-order chi connectivity index (χ1) is 12.2. The number of hydrogen-bond acceptors (Lipinski definition) is 4. The Bertz CT molecular complexity index is 1020. The number of hydrogen-bond donors (Lipinski definition) is 1. The molecule has 4 rings (SSSR count). The smallest absolute Gasteiger partial charge is 0.254 e. The second-order valence-corrected chi connectivity index (χ2v) is 7.28. The molecule has 0 saturated heterocycles. The van der Waals surface area contributed by atoms with Gasteiger partial charge >= 0.3 is 0 Å². The molecule has 0 fully saturated rings. The van der Waals surface area contributed by atoms with Gasteiger partial charge in [-0.25, -0.2) is 9.67 Å². The summed E-state index contributed by atoms with van der Waals surface area (Å²) in [6.45, 7) is 0.451. The van der Waals surface area contributed by atoms with Crippen molar-refractivity contribution in [3.05, 3.63) is 76.5 Å². The molecule has 2 heterocycles. The van der Waals surface area contributed by atoms with Crippen LogP contribution in [0.1, 0.15) is 15.9 Å². The lowest BCUT2D eigenvalue weighted by Gasteiger charge is -2.05. The highest BCUT2D eigenvalue weighted by Crippen LogP contribution is 2.24. The van der Waals surface area contributed by atoms with E-state index in [-0.39, 0.29) is 5.91 Å². The fourth-order valence-electron chi connectivity index (χ4n) is 2.42. The molecular formula is C18H13BrN4OS. The molecule has 1 N–H and O–H groups in total. The molecular weight excluding hydrogens is 400 g/mol. The predicted octanol–water partition coefficient (Wildman–Crippen LogP) is 4.17. The van der Waals surface area contributed by atoms with Crippen LogP contribution in [0.3, 0.4) is 0 Å². The van der Waals surface area contributed by atoms with E-state index in [1.807, 2.05) is 48.5 Å². The van der Waals surface area contributed by atoms with Crippen molar-refractivity contribution in [3.63, 3.8) is 0 Å². The lowest BCUT2D eigenvalue weighted by atomic mass is 10.2. The number of nitrogens with one attached hydrogen (secondary N) is 1. The van der Waals surface area contributed by atoms with Crippen molar-refractivity contribution < 1.29 is 4.79 Å². The van der Waals surface area contributed by atoms with Crippen LogP contribution in [0.4, 0.5) is 0 Å². The van der Waals surface area contributed by atoms with Gasteiger partial charge in [0.1, 0.15) is 0 Å². The number of thiazole rings is 1. The van der Waals surface area contributed by atoms with Gasteiger partial charge in [-0.15, -0.1) is 0 Å². The molecule has 4 aromatic rings. The summed E-state index contributed by atoms with van der Waals surface area (Å²) in [5, 5.41) is 7.92. The summed E-state index contributed by atoms with van der Waals surface area (Å²) in [6, 6.07) is 15.7. The number of aromatic nitrogens is 3. The molecule has 0 aliphatic rings. The molecule has 2 aromatic heterocycles. The van der Waals surface area contributed by atoms with Gasteiger partial charge < -0.3 is 5.32 Å². The Morgan fingerprint density at radius 1 is 1.16 bits per heavy atom. The number of fused-ring (bicyclic) bond motifs is 1. The van der Waals surface area contributed by atoms with Crippen molar-refractivity contribution >= 4 is 43.4 Å². The van der Waals surface area contributed by atoms with E-state index in [2.05, 4.69) is 31.3 Å². The van der Waals surface area contributed by atoms with Gasteiger partial charge in [0.05, 0.1) is 22.0 Å². The lowest BCUT2D eigenvalue weighted by molar-refractivity contribution is 0.0951. The highest BCUT2D eigenvalue weighted by Gasteiger charge is 2.12. The predicted molar refractivity (Wildman–Crippen MR) is 102 cm³/mol. The Morgan fingerprint density at radius 3 is 2.80 bits per heavy atom. The topological polar surface area (TPSA) is 59.8 Å². The fraction of sp³-hybridized carbons (Fsp3) is 0.0556. The summed E-state index contributed by atoms with van der Waals surface area (Å²) in [6.07, 6.45) is 3.26. The Kier molecular flexibility index (Phi) is 4.33. The number of carbonyl (C=O) groups excluding carboxylic acids is 1. The van der Waals surface area contributed by atoms with Gasteiger partial charge in [0.25, 0.3) is 5.91 Å². The van der Waals surface area contributed by atoms with E-state index in [9.17, 15) is 4.79 Å². The zero-order chi connectivity index (χ0) is 17.2. The van der Waals surface area contributed by atoms with Crippen molar-refractivity contribution in [3.8, 4) is 5.13 Å². The van der Waals surface area contributed by atoms with Gasteiger partial charge in [0, 0.05) is 17.2 Å². The van der Waals surface area contributed by atoms with Crippen LogP contribution in [-0.4, -0.2) is 20.7 Å². The SMILES string of the molecule is O=C(NCc1ccccc1Br)c1cnn(-c2nc3ccccc3s2)c1. The highest BCUT2D eigenvalue weighted by molar-refractivity contribution is 9.10. The molecule has 124 valence electrons. The minimum Gasteiger partial charge on any atom is -0.348 e. The van der Waals surface area contributed by atoms with Crippen LogP contribution in [0.15, 0.2) is 65.4 Å². The van der Waals surface area contributed by atoms with Gasteiger partial charge in [-0.2, -0.15) is 5.10 Å². The first kappa shape index (κ1) is 16.0. The molecule has 1 amide bonds. The van der Waals surface area contributed by atoms with Crippen LogP contribution < -0.4 is 5.32 Å². The number of para-hydroxylation sites is 1. The second kappa shape index (κ2) is 6.78. The van der Waals surface area contributed by atoms with Gasteiger partial charge in [-0.3, -0.25) is 4.79 Å². The van der Waals surface area contributed by atoms with E-state index in [4.69, 9.17) is 0 Å². The van der Waals surface area contributed by atoms with Gasteiger partial charge in [-0.1, -0.05) is 57.6 Å². The van der Waals surface area contributed by atoms with E-state index in [0.29, 0.717) is 12.1 Å². The molecule has 0 spiro atoms. The molecule has 0 aliphatic heterocycles. The number of halogens is 1. The van der Waals surface area contributed by atoms with E-state index in [0.717, 1.165) is 25.4 Å². The second-order valence-electron chi connectivity index (χ2n) is 5.41. The summed E-state index contributed by atoms with van der Waals surface area (Å²) in [7, 11) is 0. The maximum absolute atomic E-state index is 12.3. The molecule has 0 aliphatic carbocycles. The van der Waals surface area contributed by atoms with Crippen molar-refractivity contribution in [1.29, 1.82) is 0 Å². The van der Waals surface area contributed by atoms with Crippen LogP contribution in [0.25, 0.3) is 15.3 Å². The molecule has 0 atom stereocenters. The highest BCUT2D eigenvalue weighted by atomic mass is 79.9. The van der Waals surface area contributed by atoms with Crippen LogP contribution in [0.5, 0.6) is 0 Å². The average Bonchev–Trinajstić information content (AvgIpc) is 3.27. The summed E-state index contributed by atoms with van der Waals surface area (Å²) < 4.78 is 3.70. The molecule has 2 aromatic carbocycles. The van der Waals surface area contributed by atoms with Crippen molar-refractivity contribution in [2.24, 2.45) is 0 Å². The number of nitrogens with zero attached hydrogens (tertiary/aromatic N) is 3. The van der Waals surface area contributed by atoms with Crippen LogP contribution in [0.2, 0.25) is 0 Å². The normalized spacial score (nSPS) is 10.9. The quantitative estimate of drug-likeness (QED) is 0.546. The third-order valence-electron chi connectivity index (χ3n) is 3.72. The molecule has 0 unspecified atom stereocenters. The average molecular weight is 413 g/mol. The van der Waals surface area contributed by atoms with E-state index >= 15 is 0 Å². The van der Waals surface area contributed by atoms with Crippen molar-refractivity contribution in [2.45, 2.75) is 6.54 Å². The van der Waals surface area contributed by atoms with Crippen LogP contribution >= 0.6 is 27.3 Å². The minimum atomic E-state index is -0.164. The summed E-state index contributed by atoms with van der Waals surface area (Å²) in [5.74, 6) is -0.164. The summed E-state index contributed by atoms with van der Waals surface area (Å²) >= 11 is 5.02. The standard InChI is InChI=1S/C18H13BrN4OS/c19-14-6-2-1-5-12(14)9-20-17(24)13-10-21-23(11-13)18-22-15-7-3-4-8-16(15)25-18/h1-8,10-11H,9H2,(H,20,24). The monoisotopic (exact) mass is 412 g/mol. The molecule has 0 radical (unpaired) electrons. The molecule has 5 nitrogen and oxygen atoms in total. The van der Waals surface area contributed by atoms with Gasteiger partial charge in [-0.05, 0) is 23.8 Å². The van der Waals surface area contributed by atoms with E-state index in [1.165, 1.54) is 11.3 Å². The largest absolute Gasteiger partial charge is 0.348 e. The summed E-state index contributed by atoms with van der Waals surface area (Å²) in [4.78, 5) is 16.9. The summed E-state index contributed by atoms with van der Waals surface area (Å²) in [5.41, 5.74) is 2.46. The number of rotatable bonds is 4. The van der Waals surface area contributed by atoms with Crippen molar-refractivity contribution in [1.82, 2.24) is 20.1 Å². The fourth-order valence-corrected chi connectivity index (χ4v) is 3.75. The first-order valence-corrected chi connectivity index (χ1v) is 9.24. The maximum Gasteiger partial charge on any atom is 0.254 e. The number of carbonyl (C=O) groups is 1. The third-order valence-corrected chi connectivity index (χ3v) is 5.52. The minimum absolute atomic E-state index is 0.164. The Hall–Kier alpha value is -2.51. The first-order valence-electron chi connectivity index (χ1n) is 7.63.